The number of aryl methyl sites for hydroxylation is 1. The maximum atomic E-state index is 11.2. The van der Waals surface area contributed by atoms with Gasteiger partial charge in [-0.1, -0.05) is 6.07 Å². The van der Waals surface area contributed by atoms with Crippen molar-refractivity contribution in [3.05, 3.63) is 68.4 Å². The van der Waals surface area contributed by atoms with Crippen LogP contribution in [0.15, 0.2) is 42.5 Å². The minimum atomic E-state index is -0.734. The molecule has 1 aromatic heterocycles. The van der Waals surface area contributed by atoms with E-state index in [4.69, 9.17) is 4.74 Å². The van der Waals surface area contributed by atoms with Crippen LogP contribution in [0.4, 0.5) is 22.7 Å². The first-order valence-corrected chi connectivity index (χ1v) is 7.80. The summed E-state index contributed by atoms with van der Waals surface area (Å²) in [6.45, 7) is 1.88. The van der Waals surface area contributed by atoms with Gasteiger partial charge >= 0.3 is 5.69 Å². The highest BCUT2D eigenvalue weighted by atomic mass is 16.6. The molecule has 2 N–H and O–H groups in total. The molecule has 10 heteroatoms. The number of nitrogens with zero attached hydrogens (tertiary/aromatic N) is 3. The zero-order valence-corrected chi connectivity index (χ0v) is 14.4. The maximum Gasteiger partial charge on any atom is 0.320 e. The fourth-order valence-electron chi connectivity index (χ4n) is 2.65. The third-order valence-electron chi connectivity index (χ3n) is 3.87. The highest BCUT2D eigenvalue weighted by Crippen LogP contribution is 2.39. The van der Waals surface area contributed by atoms with Crippen LogP contribution in [0.3, 0.4) is 0 Å². The van der Waals surface area contributed by atoms with Crippen molar-refractivity contribution in [2.75, 3.05) is 18.0 Å². The average molecular weight is 369 g/mol. The maximum absolute atomic E-state index is 11.2. The second-order valence-electron chi connectivity index (χ2n) is 5.63. The van der Waals surface area contributed by atoms with Crippen molar-refractivity contribution >= 4 is 33.7 Å². The van der Waals surface area contributed by atoms with Gasteiger partial charge in [-0.25, -0.2) is 0 Å². The lowest BCUT2D eigenvalue weighted by Crippen LogP contribution is -2.11. The summed E-state index contributed by atoms with van der Waals surface area (Å²) in [6, 6.07) is 11.2. The number of hydrogen-bond donors (Lipinski definition) is 2. The van der Waals surface area contributed by atoms with Crippen LogP contribution in [-0.4, -0.2) is 21.9 Å². The van der Waals surface area contributed by atoms with E-state index in [0.29, 0.717) is 5.69 Å². The molecule has 2 aromatic carbocycles. The SMILES string of the molecule is COc1c(NNc2cccc3nc(C)ccc23)cc([N+](=O)[O-])cc1[N+](=O)[O-]. The summed E-state index contributed by atoms with van der Waals surface area (Å²) >= 11 is 0. The molecule has 1 heterocycles. The number of non-ortho nitro benzene ring substituents is 1. The molecule has 138 valence electrons. The minimum absolute atomic E-state index is 0.0653. The predicted molar refractivity (Wildman–Crippen MR) is 100 cm³/mol. The van der Waals surface area contributed by atoms with Gasteiger partial charge in [-0.3, -0.25) is 30.6 Å². The molecule has 27 heavy (non-hydrogen) atoms. The second kappa shape index (κ2) is 7.12. The standard InChI is InChI=1S/C17H15N5O5/c1-10-6-7-12-13(18-10)4-3-5-14(12)19-20-15-8-11(21(23)24)9-16(22(25)26)17(15)27-2/h3-9,19-20H,1-2H3. The molecule has 0 atom stereocenters. The van der Waals surface area contributed by atoms with Gasteiger partial charge in [0.25, 0.3) is 5.69 Å². The van der Waals surface area contributed by atoms with Crippen LogP contribution >= 0.6 is 0 Å². The summed E-state index contributed by atoms with van der Waals surface area (Å²) in [7, 11) is 1.25. The number of pyridine rings is 1. The molecule has 0 fully saturated rings. The first kappa shape index (κ1) is 17.9. The summed E-state index contributed by atoms with van der Waals surface area (Å²) in [5, 5.41) is 23.1. The number of rotatable bonds is 6. The molecule has 0 bridgehead atoms. The van der Waals surface area contributed by atoms with E-state index in [1.807, 2.05) is 25.1 Å². The van der Waals surface area contributed by atoms with Crippen molar-refractivity contribution in [2.24, 2.45) is 0 Å². The van der Waals surface area contributed by atoms with Gasteiger partial charge in [-0.2, -0.15) is 0 Å². The Kier molecular flexibility index (Phi) is 4.71. The lowest BCUT2D eigenvalue weighted by Gasteiger charge is -2.14. The molecule has 0 amide bonds. The number of aromatic nitrogens is 1. The van der Waals surface area contributed by atoms with Gasteiger partial charge in [-0.05, 0) is 31.2 Å². The Labute approximate surface area is 153 Å². The number of methoxy groups -OCH3 is 1. The molecule has 3 rings (SSSR count). The number of hydrazine groups is 1. The summed E-state index contributed by atoms with van der Waals surface area (Å²) in [5.74, 6) is -0.118. The number of hydrogen-bond acceptors (Lipinski definition) is 8. The van der Waals surface area contributed by atoms with Crippen LogP contribution in [0.2, 0.25) is 0 Å². The second-order valence-corrected chi connectivity index (χ2v) is 5.63. The predicted octanol–water partition coefficient (Wildman–Crippen LogP) is 3.81. The van der Waals surface area contributed by atoms with Crippen LogP contribution in [0.1, 0.15) is 5.69 Å². The van der Waals surface area contributed by atoms with Gasteiger partial charge in [0.2, 0.25) is 5.75 Å². The molecular weight excluding hydrogens is 354 g/mol. The van der Waals surface area contributed by atoms with E-state index < -0.39 is 21.2 Å². The fourth-order valence-corrected chi connectivity index (χ4v) is 2.65. The van der Waals surface area contributed by atoms with Gasteiger partial charge in [0, 0.05) is 17.1 Å². The summed E-state index contributed by atoms with van der Waals surface area (Å²) in [4.78, 5) is 25.3. The number of benzene rings is 2. The summed E-state index contributed by atoms with van der Waals surface area (Å²) in [6.07, 6.45) is 0. The summed E-state index contributed by atoms with van der Waals surface area (Å²) in [5.41, 5.74) is 7.09. The molecule has 0 radical (unpaired) electrons. The number of anilines is 2. The van der Waals surface area contributed by atoms with Gasteiger partial charge in [-0.15, -0.1) is 0 Å². The van der Waals surface area contributed by atoms with Crippen molar-refractivity contribution in [1.29, 1.82) is 0 Å². The number of nitrogens with one attached hydrogen (secondary N) is 2. The molecular formula is C17H15N5O5. The van der Waals surface area contributed by atoms with Gasteiger partial charge < -0.3 is 10.2 Å². The first-order chi connectivity index (χ1) is 12.9. The first-order valence-electron chi connectivity index (χ1n) is 7.80. The van der Waals surface area contributed by atoms with Crippen LogP contribution in [-0.2, 0) is 0 Å². The Morgan fingerprint density at radius 3 is 2.41 bits per heavy atom. The van der Waals surface area contributed by atoms with E-state index in [1.54, 1.807) is 12.1 Å². The normalized spacial score (nSPS) is 10.4. The third kappa shape index (κ3) is 3.54. The fraction of sp³-hybridized carbons (Fsp3) is 0.118. The number of nitro benzene ring substituents is 2. The van der Waals surface area contributed by atoms with E-state index in [1.165, 1.54) is 7.11 Å². The van der Waals surface area contributed by atoms with E-state index in [0.717, 1.165) is 28.7 Å². The van der Waals surface area contributed by atoms with Gasteiger partial charge in [0.05, 0.1) is 34.2 Å². The van der Waals surface area contributed by atoms with Gasteiger partial charge in [0.1, 0.15) is 5.69 Å². The van der Waals surface area contributed by atoms with Crippen LogP contribution in [0, 0.1) is 27.2 Å². The van der Waals surface area contributed by atoms with E-state index in [9.17, 15) is 20.2 Å². The van der Waals surface area contributed by atoms with Crippen LogP contribution in [0.25, 0.3) is 10.9 Å². The van der Waals surface area contributed by atoms with Crippen molar-refractivity contribution in [3.8, 4) is 5.75 Å². The third-order valence-corrected chi connectivity index (χ3v) is 3.87. The Morgan fingerprint density at radius 1 is 1.00 bits per heavy atom. The zero-order chi connectivity index (χ0) is 19.6. The Hall–Kier alpha value is -3.95. The molecule has 0 saturated heterocycles. The monoisotopic (exact) mass is 369 g/mol. The summed E-state index contributed by atoms with van der Waals surface area (Å²) < 4.78 is 5.09. The van der Waals surface area contributed by atoms with Gasteiger partial charge in [0.15, 0.2) is 0 Å². The van der Waals surface area contributed by atoms with Crippen molar-refractivity contribution in [2.45, 2.75) is 6.92 Å². The molecule has 0 unspecified atom stereocenters. The molecule has 0 aliphatic carbocycles. The van der Waals surface area contributed by atoms with E-state index in [-0.39, 0.29) is 11.4 Å². The highest BCUT2D eigenvalue weighted by molar-refractivity contribution is 5.92. The minimum Gasteiger partial charge on any atom is -0.489 e. The molecule has 0 saturated carbocycles. The molecule has 0 spiro atoms. The average Bonchev–Trinajstić information content (AvgIpc) is 2.64. The zero-order valence-electron chi connectivity index (χ0n) is 14.4. The molecule has 0 aliphatic rings. The van der Waals surface area contributed by atoms with Crippen molar-refractivity contribution < 1.29 is 14.6 Å². The number of nitro groups is 2. The molecule has 10 nitrogen and oxygen atoms in total. The Bertz CT molecular complexity index is 1050. The highest BCUT2D eigenvalue weighted by Gasteiger charge is 2.25. The van der Waals surface area contributed by atoms with E-state index in [2.05, 4.69) is 15.8 Å². The quantitative estimate of drug-likeness (QED) is 0.495. The lowest BCUT2D eigenvalue weighted by molar-refractivity contribution is -0.394. The Balaban J connectivity index is 2.01. The largest absolute Gasteiger partial charge is 0.489 e. The van der Waals surface area contributed by atoms with Crippen molar-refractivity contribution in [1.82, 2.24) is 4.98 Å². The molecule has 3 aromatic rings. The number of ether oxygens (including phenoxy) is 1. The molecule has 0 aliphatic heterocycles. The van der Waals surface area contributed by atoms with Crippen LogP contribution in [0.5, 0.6) is 5.75 Å². The smallest absolute Gasteiger partial charge is 0.320 e. The topological polar surface area (TPSA) is 132 Å². The Morgan fingerprint density at radius 2 is 1.74 bits per heavy atom. The number of fused-ring (bicyclic) bond motifs is 1. The van der Waals surface area contributed by atoms with E-state index >= 15 is 0 Å². The lowest BCUT2D eigenvalue weighted by atomic mass is 10.1. The van der Waals surface area contributed by atoms with Crippen LogP contribution < -0.4 is 15.6 Å². The van der Waals surface area contributed by atoms with Crippen molar-refractivity contribution in [3.63, 3.8) is 0 Å².